The summed E-state index contributed by atoms with van der Waals surface area (Å²) in [5.41, 5.74) is 2.93. The molecule has 1 saturated heterocycles. The van der Waals surface area contributed by atoms with E-state index in [1.807, 2.05) is 60.4 Å². The van der Waals surface area contributed by atoms with Crippen LogP contribution in [-0.4, -0.2) is 30.2 Å². The van der Waals surface area contributed by atoms with Crippen LogP contribution in [0.25, 0.3) is 0 Å². The van der Waals surface area contributed by atoms with E-state index in [0.717, 1.165) is 36.3 Å². The second-order valence-corrected chi connectivity index (χ2v) is 6.81. The van der Waals surface area contributed by atoms with Gasteiger partial charge in [-0.15, -0.1) is 0 Å². The molecule has 4 heteroatoms. The lowest BCUT2D eigenvalue weighted by molar-refractivity contribution is -0.132. The van der Waals surface area contributed by atoms with Crippen molar-refractivity contribution in [2.75, 3.05) is 13.7 Å². The Bertz CT molecular complexity index is 765. The van der Waals surface area contributed by atoms with E-state index < -0.39 is 0 Å². The van der Waals surface area contributed by atoms with Gasteiger partial charge in [-0.2, -0.15) is 0 Å². The fourth-order valence-electron chi connectivity index (χ4n) is 3.49. The van der Waals surface area contributed by atoms with Crippen molar-refractivity contribution in [3.8, 4) is 5.75 Å². The van der Waals surface area contributed by atoms with Gasteiger partial charge >= 0.3 is 0 Å². The Balaban J connectivity index is 1.61. The molecule has 26 heavy (non-hydrogen) atoms. The van der Waals surface area contributed by atoms with E-state index >= 15 is 0 Å². The molecule has 136 valence electrons. The highest BCUT2D eigenvalue weighted by Gasteiger charge is 2.29. The predicted octanol–water partition coefficient (Wildman–Crippen LogP) is 4.33. The molecule has 1 heterocycles. The van der Waals surface area contributed by atoms with Gasteiger partial charge in [0.05, 0.1) is 13.2 Å². The SMILES string of the molecule is COc1ccc(C2CCCN2C(=O)CCC(=O)c2ccc(C)cc2)cc1. The minimum Gasteiger partial charge on any atom is -0.497 e. The summed E-state index contributed by atoms with van der Waals surface area (Å²) in [5.74, 6) is 0.899. The molecular weight excluding hydrogens is 326 g/mol. The molecule has 0 aliphatic carbocycles. The summed E-state index contributed by atoms with van der Waals surface area (Å²) in [6, 6.07) is 15.5. The molecule has 1 amide bonds. The lowest BCUT2D eigenvalue weighted by Gasteiger charge is -2.25. The average molecular weight is 351 g/mol. The van der Waals surface area contributed by atoms with Gasteiger partial charge in [0.2, 0.25) is 5.91 Å². The first-order valence-electron chi connectivity index (χ1n) is 9.12. The summed E-state index contributed by atoms with van der Waals surface area (Å²) in [4.78, 5) is 26.9. The Morgan fingerprint density at radius 2 is 1.73 bits per heavy atom. The molecule has 0 N–H and O–H groups in total. The summed E-state index contributed by atoms with van der Waals surface area (Å²) >= 11 is 0. The third kappa shape index (κ3) is 4.13. The number of benzene rings is 2. The maximum absolute atomic E-state index is 12.7. The first-order chi connectivity index (χ1) is 12.6. The molecule has 4 nitrogen and oxygen atoms in total. The third-order valence-electron chi connectivity index (χ3n) is 5.01. The van der Waals surface area contributed by atoms with Crippen LogP contribution in [0.2, 0.25) is 0 Å². The number of likely N-dealkylation sites (tertiary alicyclic amines) is 1. The number of rotatable bonds is 6. The molecule has 0 radical (unpaired) electrons. The van der Waals surface area contributed by atoms with Crippen LogP contribution in [-0.2, 0) is 4.79 Å². The molecule has 0 aromatic heterocycles. The van der Waals surface area contributed by atoms with Crippen molar-refractivity contribution in [2.45, 2.75) is 38.6 Å². The largest absolute Gasteiger partial charge is 0.497 e. The van der Waals surface area contributed by atoms with Crippen LogP contribution < -0.4 is 4.74 Å². The predicted molar refractivity (Wildman–Crippen MR) is 101 cm³/mol. The topological polar surface area (TPSA) is 46.6 Å². The number of methoxy groups -OCH3 is 1. The van der Waals surface area contributed by atoms with Gasteiger partial charge in [0.15, 0.2) is 5.78 Å². The summed E-state index contributed by atoms with van der Waals surface area (Å²) in [7, 11) is 1.64. The number of hydrogen-bond acceptors (Lipinski definition) is 3. The number of ketones is 1. The van der Waals surface area contributed by atoms with Crippen LogP contribution in [0.3, 0.4) is 0 Å². The maximum Gasteiger partial charge on any atom is 0.223 e. The van der Waals surface area contributed by atoms with Crippen molar-refractivity contribution >= 4 is 11.7 Å². The molecule has 1 aliphatic heterocycles. The second-order valence-electron chi connectivity index (χ2n) is 6.81. The van der Waals surface area contributed by atoms with Crippen molar-refractivity contribution in [1.29, 1.82) is 0 Å². The van der Waals surface area contributed by atoms with Gasteiger partial charge in [-0.25, -0.2) is 0 Å². The number of ether oxygens (including phenoxy) is 1. The van der Waals surface area contributed by atoms with Crippen LogP contribution in [0.15, 0.2) is 48.5 Å². The minimum absolute atomic E-state index is 0.0264. The molecule has 3 rings (SSSR count). The normalized spacial score (nSPS) is 16.5. The number of carbonyl (C=O) groups is 2. The summed E-state index contributed by atoms with van der Waals surface area (Å²) in [6.45, 7) is 2.75. The highest BCUT2D eigenvalue weighted by atomic mass is 16.5. The Hall–Kier alpha value is -2.62. The number of hydrogen-bond donors (Lipinski definition) is 0. The van der Waals surface area contributed by atoms with Crippen LogP contribution in [0.5, 0.6) is 5.75 Å². The fraction of sp³-hybridized carbons (Fsp3) is 0.364. The summed E-state index contributed by atoms with van der Waals surface area (Å²) in [5, 5.41) is 0. The number of carbonyl (C=O) groups excluding carboxylic acids is 2. The molecular formula is C22H25NO3. The lowest BCUT2D eigenvalue weighted by atomic mass is 10.0. The number of amides is 1. The number of aryl methyl sites for hydroxylation is 1. The highest BCUT2D eigenvalue weighted by molar-refractivity contribution is 5.98. The molecule has 2 aromatic carbocycles. The summed E-state index contributed by atoms with van der Waals surface area (Å²) < 4.78 is 5.20. The van der Waals surface area contributed by atoms with E-state index in [1.165, 1.54) is 0 Å². The van der Waals surface area contributed by atoms with Gasteiger partial charge in [0, 0.05) is 24.9 Å². The quantitative estimate of drug-likeness (QED) is 0.728. The standard InChI is InChI=1S/C22H25NO3/c1-16-5-7-18(8-6-16)21(24)13-14-22(25)23-15-3-4-20(23)17-9-11-19(26-2)12-10-17/h5-12,20H,3-4,13-15H2,1-2H3. The van der Waals surface area contributed by atoms with Gasteiger partial charge in [-0.1, -0.05) is 42.0 Å². The zero-order valence-corrected chi connectivity index (χ0v) is 15.4. The minimum atomic E-state index is 0.0264. The molecule has 1 unspecified atom stereocenters. The summed E-state index contributed by atoms with van der Waals surface area (Å²) in [6.07, 6.45) is 2.48. The first-order valence-corrected chi connectivity index (χ1v) is 9.12. The fourth-order valence-corrected chi connectivity index (χ4v) is 3.49. The second kappa shape index (κ2) is 8.17. The Kier molecular flexibility index (Phi) is 5.71. The smallest absolute Gasteiger partial charge is 0.223 e. The zero-order valence-electron chi connectivity index (χ0n) is 15.4. The van der Waals surface area contributed by atoms with Crippen molar-refractivity contribution in [2.24, 2.45) is 0 Å². The van der Waals surface area contributed by atoms with Gasteiger partial charge in [-0.3, -0.25) is 9.59 Å². The molecule has 1 atom stereocenters. The highest BCUT2D eigenvalue weighted by Crippen LogP contribution is 2.33. The molecule has 2 aromatic rings. The zero-order chi connectivity index (χ0) is 18.5. The Labute approximate surface area is 154 Å². The van der Waals surface area contributed by atoms with Gasteiger partial charge < -0.3 is 9.64 Å². The van der Waals surface area contributed by atoms with E-state index in [9.17, 15) is 9.59 Å². The van der Waals surface area contributed by atoms with E-state index in [1.54, 1.807) is 7.11 Å². The molecule has 0 bridgehead atoms. The molecule has 0 saturated carbocycles. The van der Waals surface area contributed by atoms with Crippen molar-refractivity contribution in [3.05, 3.63) is 65.2 Å². The average Bonchev–Trinajstić information content (AvgIpc) is 3.16. The number of Topliss-reactive ketones (excluding diaryl/α,β-unsaturated/α-hetero) is 1. The number of nitrogens with zero attached hydrogens (tertiary/aromatic N) is 1. The van der Waals surface area contributed by atoms with Gasteiger partial charge in [-0.05, 0) is 37.5 Å². The van der Waals surface area contributed by atoms with Crippen LogP contribution in [0.1, 0.15) is 53.2 Å². The molecule has 0 spiro atoms. The van der Waals surface area contributed by atoms with E-state index in [-0.39, 0.29) is 30.6 Å². The molecule has 1 fully saturated rings. The monoisotopic (exact) mass is 351 g/mol. The van der Waals surface area contributed by atoms with Gasteiger partial charge in [0.1, 0.15) is 5.75 Å². The van der Waals surface area contributed by atoms with Crippen molar-refractivity contribution < 1.29 is 14.3 Å². The lowest BCUT2D eigenvalue weighted by Crippen LogP contribution is -2.30. The van der Waals surface area contributed by atoms with E-state index in [4.69, 9.17) is 4.74 Å². The van der Waals surface area contributed by atoms with Crippen molar-refractivity contribution in [1.82, 2.24) is 4.90 Å². The third-order valence-corrected chi connectivity index (χ3v) is 5.01. The first kappa shape index (κ1) is 18.2. The van der Waals surface area contributed by atoms with Gasteiger partial charge in [0.25, 0.3) is 0 Å². The van der Waals surface area contributed by atoms with E-state index in [0.29, 0.717) is 5.56 Å². The van der Waals surface area contributed by atoms with Crippen LogP contribution in [0.4, 0.5) is 0 Å². The van der Waals surface area contributed by atoms with Crippen LogP contribution >= 0.6 is 0 Å². The Morgan fingerprint density at radius 3 is 2.38 bits per heavy atom. The van der Waals surface area contributed by atoms with E-state index in [2.05, 4.69) is 0 Å². The molecule has 1 aliphatic rings. The maximum atomic E-state index is 12.7. The van der Waals surface area contributed by atoms with Crippen LogP contribution in [0, 0.1) is 6.92 Å². The Morgan fingerprint density at radius 1 is 1.04 bits per heavy atom. The van der Waals surface area contributed by atoms with Crippen molar-refractivity contribution in [3.63, 3.8) is 0 Å².